The molecule has 0 aromatic heterocycles. The predicted molar refractivity (Wildman–Crippen MR) is 63.5 cm³/mol. The Morgan fingerprint density at radius 3 is 2.36 bits per heavy atom. The fourth-order valence-corrected chi connectivity index (χ4v) is 2.46. The maximum absolute atomic E-state index is 3.68. The average Bonchev–Trinajstić information content (AvgIpc) is 2.64. The predicted octanol–water partition coefficient (Wildman–Crippen LogP) is 3.59. The highest BCUT2D eigenvalue weighted by Gasteiger charge is 2.20. The van der Waals surface area contributed by atoms with E-state index in [-0.39, 0.29) is 0 Å². The van der Waals surface area contributed by atoms with Crippen LogP contribution in [0, 0.1) is 11.8 Å². The lowest BCUT2D eigenvalue weighted by Crippen LogP contribution is -2.33. The summed E-state index contributed by atoms with van der Waals surface area (Å²) in [6.07, 6.45) is 8.54. The van der Waals surface area contributed by atoms with Crippen molar-refractivity contribution in [2.75, 3.05) is 6.54 Å². The quantitative estimate of drug-likeness (QED) is 0.642. The molecule has 0 spiro atoms. The molecule has 1 aliphatic carbocycles. The van der Waals surface area contributed by atoms with Gasteiger partial charge >= 0.3 is 0 Å². The lowest BCUT2D eigenvalue weighted by Gasteiger charge is -2.20. The topological polar surface area (TPSA) is 12.0 Å². The molecule has 1 heteroatoms. The van der Waals surface area contributed by atoms with Gasteiger partial charge in [0.1, 0.15) is 0 Å². The molecule has 1 fully saturated rings. The first-order valence-electron chi connectivity index (χ1n) is 6.43. The highest BCUT2D eigenvalue weighted by Crippen LogP contribution is 2.27. The molecule has 1 N–H and O–H groups in total. The van der Waals surface area contributed by atoms with Crippen molar-refractivity contribution in [2.24, 2.45) is 11.8 Å². The van der Waals surface area contributed by atoms with Crippen LogP contribution in [0.5, 0.6) is 0 Å². The lowest BCUT2D eigenvalue weighted by atomic mass is 9.99. The van der Waals surface area contributed by atoms with Crippen molar-refractivity contribution in [2.45, 2.75) is 65.3 Å². The zero-order chi connectivity index (χ0) is 10.4. The Morgan fingerprint density at radius 1 is 1.14 bits per heavy atom. The summed E-state index contributed by atoms with van der Waals surface area (Å²) in [5.41, 5.74) is 0. The van der Waals surface area contributed by atoms with Gasteiger partial charge in [0.2, 0.25) is 0 Å². The first-order chi connectivity index (χ1) is 6.70. The van der Waals surface area contributed by atoms with Gasteiger partial charge in [-0.05, 0) is 51.0 Å². The Bertz CT molecular complexity index is 136. The Hall–Kier alpha value is -0.0400. The van der Waals surface area contributed by atoms with Gasteiger partial charge in [-0.1, -0.05) is 26.7 Å². The van der Waals surface area contributed by atoms with E-state index in [1.807, 2.05) is 0 Å². The van der Waals surface area contributed by atoms with Crippen molar-refractivity contribution in [3.63, 3.8) is 0 Å². The van der Waals surface area contributed by atoms with Crippen LogP contribution in [0.4, 0.5) is 0 Å². The van der Waals surface area contributed by atoms with Gasteiger partial charge < -0.3 is 5.32 Å². The van der Waals surface area contributed by atoms with Crippen LogP contribution in [0.1, 0.15) is 59.3 Å². The minimum Gasteiger partial charge on any atom is -0.314 e. The zero-order valence-corrected chi connectivity index (χ0v) is 10.2. The first-order valence-corrected chi connectivity index (χ1v) is 6.43. The molecule has 1 unspecified atom stereocenters. The molecule has 1 nitrogen and oxygen atoms in total. The molecule has 0 saturated heterocycles. The molecule has 0 aliphatic heterocycles. The van der Waals surface area contributed by atoms with Gasteiger partial charge in [-0.15, -0.1) is 0 Å². The molecule has 0 aromatic rings. The molecule has 1 aliphatic rings. The van der Waals surface area contributed by atoms with Crippen molar-refractivity contribution in [1.82, 2.24) is 5.32 Å². The van der Waals surface area contributed by atoms with Crippen molar-refractivity contribution in [3.8, 4) is 0 Å². The van der Waals surface area contributed by atoms with Crippen LogP contribution in [-0.2, 0) is 0 Å². The maximum atomic E-state index is 3.68. The van der Waals surface area contributed by atoms with Crippen LogP contribution in [0.3, 0.4) is 0 Å². The first kappa shape index (κ1) is 12.0. The van der Waals surface area contributed by atoms with Gasteiger partial charge in [0.25, 0.3) is 0 Å². The molecule has 0 amide bonds. The number of hydrogen-bond donors (Lipinski definition) is 1. The van der Waals surface area contributed by atoms with E-state index in [9.17, 15) is 0 Å². The van der Waals surface area contributed by atoms with Crippen LogP contribution in [0.15, 0.2) is 0 Å². The Kier molecular flexibility index (Phi) is 5.54. The van der Waals surface area contributed by atoms with Crippen LogP contribution in [0.25, 0.3) is 0 Å². The molecule has 0 heterocycles. The van der Waals surface area contributed by atoms with Gasteiger partial charge in [-0.2, -0.15) is 0 Å². The van der Waals surface area contributed by atoms with Crippen molar-refractivity contribution >= 4 is 0 Å². The van der Waals surface area contributed by atoms with Gasteiger partial charge in [-0.3, -0.25) is 0 Å². The normalized spacial score (nSPS) is 20.6. The minimum atomic E-state index is 0.754. The summed E-state index contributed by atoms with van der Waals surface area (Å²) in [4.78, 5) is 0. The molecule has 0 radical (unpaired) electrons. The largest absolute Gasteiger partial charge is 0.314 e. The summed E-state index contributed by atoms with van der Waals surface area (Å²) < 4.78 is 0. The molecule has 1 atom stereocenters. The highest BCUT2D eigenvalue weighted by molar-refractivity contribution is 4.76. The van der Waals surface area contributed by atoms with E-state index in [4.69, 9.17) is 0 Å². The average molecular weight is 197 g/mol. The molecule has 1 saturated carbocycles. The van der Waals surface area contributed by atoms with Crippen LogP contribution in [-0.4, -0.2) is 12.6 Å². The van der Waals surface area contributed by atoms with E-state index in [0.29, 0.717) is 0 Å². The van der Waals surface area contributed by atoms with Crippen LogP contribution >= 0.6 is 0 Å². The Morgan fingerprint density at radius 2 is 1.79 bits per heavy atom. The fraction of sp³-hybridized carbons (Fsp3) is 1.00. The number of rotatable bonds is 6. The molecule has 14 heavy (non-hydrogen) atoms. The third-order valence-corrected chi connectivity index (χ3v) is 3.53. The fourth-order valence-electron chi connectivity index (χ4n) is 2.46. The monoisotopic (exact) mass is 197 g/mol. The van der Waals surface area contributed by atoms with E-state index < -0.39 is 0 Å². The summed E-state index contributed by atoms with van der Waals surface area (Å²) in [7, 11) is 0. The van der Waals surface area contributed by atoms with Crippen molar-refractivity contribution in [1.29, 1.82) is 0 Å². The van der Waals surface area contributed by atoms with Gasteiger partial charge in [-0.25, -0.2) is 0 Å². The molecule has 0 aromatic carbocycles. The standard InChI is InChI=1S/C13H27N/c1-11(2)7-6-10-14-12(3)13-8-4-5-9-13/h11-14H,4-10H2,1-3H3. The maximum Gasteiger partial charge on any atom is 0.00669 e. The third-order valence-electron chi connectivity index (χ3n) is 3.53. The van der Waals surface area contributed by atoms with Crippen LogP contribution < -0.4 is 5.32 Å². The second-order valence-electron chi connectivity index (χ2n) is 5.32. The Balaban J connectivity index is 1.99. The summed E-state index contributed by atoms with van der Waals surface area (Å²) in [5, 5.41) is 3.68. The zero-order valence-electron chi connectivity index (χ0n) is 10.2. The van der Waals surface area contributed by atoms with E-state index >= 15 is 0 Å². The second kappa shape index (κ2) is 6.44. The van der Waals surface area contributed by atoms with E-state index in [2.05, 4.69) is 26.1 Å². The smallest absolute Gasteiger partial charge is 0.00669 e. The van der Waals surface area contributed by atoms with E-state index in [0.717, 1.165) is 17.9 Å². The molecule has 1 rings (SSSR count). The van der Waals surface area contributed by atoms with Gasteiger partial charge in [0.05, 0.1) is 0 Å². The minimum absolute atomic E-state index is 0.754. The summed E-state index contributed by atoms with van der Waals surface area (Å²) in [6, 6.07) is 0.754. The van der Waals surface area contributed by atoms with Gasteiger partial charge in [0, 0.05) is 6.04 Å². The molecule has 84 valence electrons. The number of hydrogen-bond acceptors (Lipinski definition) is 1. The Labute approximate surface area is 89.7 Å². The van der Waals surface area contributed by atoms with Crippen molar-refractivity contribution in [3.05, 3.63) is 0 Å². The summed E-state index contributed by atoms with van der Waals surface area (Å²) in [6.45, 7) is 8.20. The summed E-state index contributed by atoms with van der Waals surface area (Å²) >= 11 is 0. The summed E-state index contributed by atoms with van der Waals surface area (Å²) in [5.74, 6) is 1.83. The third kappa shape index (κ3) is 4.45. The molecular formula is C13H27N. The van der Waals surface area contributed by atoms with Crippen molar-refractivity contribution < 1.29 is 0 Å². The van der Waals surface area contributed by atoms with Gasteiger partial charge in [0.15, 0.2) is 0 Å². The second-order valence-corrected chi connectivity index (χ2v) is 5.32. The number of nitrogens with one attached hydrogen (secondary N) is 1. The van der Waals surface area contributed by atoms with Crippen LogP contribution in [0.2, 0.25) is 0 Å². The molecule has 0 bridgehead atoms. The SMILES string of the molecule is CC(C)CCCNC(C)C1CCCC1. The molecular weight excluding hydrogens is 170 g/mol. The van der Waals surface area contributed by atoms with E-state index in [1.54, 1.807) is 0 Å². The van der Waals surface area contributed by atoms with E-state index in [1.165, 1.54) is 45.1 Å². The lowest BCUT2D eigenvalue weighted by molar-refractivity contribution is 0.374. The highest BCUT2D eigenvalue weighted by atomic mass is 14.9.